The predicted molar refractivity (Wildman–Crippen MR) is 157 cm³/mol. The molecule has 1 atom stereocenters. The Labute approximate surface area is 234 Å². The minimum absolute atomic E-state index is 0.0998. The van der Waals surface area contributed by atoms with Crippen LogP contribution in [0.25, 0.3) is 11.3 Å². The smallest absolute Gasteiger partial charge is 0.280 e. The Morgan fingerprint density at radius 2 is 1.93 bits per heavy atom. The molecule has 2 bridgehead atoms. The fourth-order valence-electron chi connectivity index (χ4n) is 5.51. The van der Waals surface area contributed by atoms with E-state index in [-0.39, 0.29) is 12.0 Å². The molecule has 1 aromatic carbocycles. The maximum Gasteiger partial charge on any atom is 0.280 e. The third-order valence-electron chi connectivity index (χ3n) is 7.72. The number of benzene rings is 1. The van der Waals surface area contributed by atoms with E-state index in [1.54, 1.807) is 23.0 Å². The van der Waals surface area contributed by atoms with Gasteiger partial charge in [-0.2, -0.15) is 10.1 Å². The molecule has 2 N–H and O–H groups in total. The van der Waals surface area contributed by atoms with Crippen molar-refractivity contribution in [3.8, 4) is 11.3 Å². The van der Waals surface area contributed by atoms with Crippen LogP contribution in [0.4, 0.5) is 17.2 Å². The maximum absolute atomic E-state index is 13.6. The maximum atomic E-state index is 13.6. The number of ether oxygens (including phenoxy) is 1. The van der Waals surface area contributed by atoms with Crippen LogP contribution < -0.4 is 15.5 Å². The van der Waals surface area contributed by atoms with Crippen molar-refractivity contribution in [2.45, 2.75) is 26.5 Å². The van der Waals surface area contributed by atoms with Gasteiger partial charge in [-0.15, -0.1) is 0 Å². The Morgan fingerprint density at radius 1 is 1.10 bits per heavy atom. The number of guanidine groups is 1. The number of aryl methyl sites for hydroxylation is 2. The van der Waals surface area contributed by atoms with Crippen LogP contribution in [-0.2, 0) is 18.3 Å². The first-order chi connectivity index (χ1) is 19.3. The lowest BCUT2D eigenvalue weighted by atomic mass is 10.1. The number of nitrogens with zero attached hydrogens (tertiary/aromatic N) is 7. The molecule has 5 heterocycles. The number of aromatic nitrogens is 3. The predicted octanol–water partition coefficient (Wildman–Crippen LogP) is 2.80. The number of pyridine rings is 1. The molecular formula is C29H37N9O2. The second kappa shape index (κ2) is 11.0. The number of amides is 1. The van der Waals surface area contributed by atoms with E-state index < -0.39 is 0 Å². The second-order valence-electron chi connectivity index (χ2n) is 10.9. The summed E-state index contributed by atoms with van der Waals surface area (Å²) in [5.41, 5.74) is 5.93. The molecule has 2 aromatic heterocycles. The van der Waals surface area contributed by atoms with Crippen molar-refractivity contribution in [3.63, 3.8) is 0 Å². The van der Waals surface area contributed by atoms with E-state index in [0.29, 0.717) is 36.9 Å². The van der Waals surface area contributed by atoms with Crippen molar-refractivity contribution in [3.05, 3.63) is 53.3 Å². The second-order valence-corrected chi connectivity index (χ2v) is 10.9. The molecule has 40 heavy (non-hydrogen) atoms. The zero-order valence-electron chi connectivity index (χ0n) is 23.6. The summed E-state index contributed by atoms with van der Waals surface area (Å²) in [6.07, 6.45) is 1.67. The highest BCUT2D eigenvalue weighted by molar-refractivity contribution is 6.19. The summed E-state index contributed by atoms with van der Waals surface area (Å²) in [6.45, 7) is 10.8. The molecule has 210 valence electrons. The number of carbonyl (C=O) groups is 1. The Kier molecular flexibility index (Phi) is 7.26. The van der Waals surface area contributed by atoms with E-state index in [9.17, 15) is 4.79 Å². The zero-order chi connectivity index (χ0) is 27.8. The molecule has 0 saturated carbocycles. The summed E-state index contributed by atoms with van der Waals surface area (Å²) in [5.74, 6) is 1.02. The Balaban J connectivity index is 1.34. The molecular weight excluding hydrogens is 506 g/mol. The van der Waals surface area contributed by atoms with Crippen LogP contribution in [-0.4, -0.2) is 95.5 Å². The van der Waals surface area contributed by atoms with Crippen LogP contribution in [0, 0.1) is 6.92 Å². The van der Waals surface area contributed by atoms with Gasteiger partial charge in [0.05, 0.1) is 48.1 Å². The van der Waals surface area contributed by atoms with Gasteiger partial charge in [0.25, 0.3) is 5.91 Å². The van der Waals surface area contributed by atoms with E-state index >= 15 is 0 Å². The fourth-order valence-corrected chi connectivity index (χ4v) is 5.51. The molecule has 1 fully saturated rings. The van der Waals surface area contributed by atoms with Gasteiger partial charge in [0.2, 0.25) is 5.96 Å². The summed E-state index contributed by atoms with van der Waals surface area (Å²) in [4.78, 5) is 29.8. The molecule has 3 aliphatic heterocycles. The van der Waals surface area contributed by atoms with Crippen LogP contribution in [0.2, 0.25) is 0 Å². The number of rotatable bonds is 2. The lowest BCUT2D eigenvalue weighted by Crippen LogP contribution is -2.43. The van der Waals surface area contributed by atoms with Gasteiger partial charge in [-0.05, 0) is 50.7 Å². The molecule has 3 aliphatic rings. The van der Waals surface area contributed by atoms with E-state index in [1.165, 1.54) is 5.56 Å². The first-order valence-electron chi connectivity index (χ1n) is 13.9. The molecule has 6 rings (SSSR count). The normalized spacial score (nSPS) is 21.7. The Hall–Kier alpha value is -3.80. The number of aliphatic imine (C=N–C) groups is 1. The number of fused-ring (bicyclic) bond motifs is 7. The minimum Gasteiger partial charge on any atom is -0.375 e. The number of carbonyl (C=O) groups excluding carboxylic acids is 1. The van der Waals surface area contributed by atoms with Crippen LogP contribution in [0.3, 0.4) is 0 Å². The quantitative estimate of drug-likeness (QED) is 0.505. The van der Waals surface area contributed by atoms with Gasteiger partial charge in [0.1, 0.15) is 5.82 Å². The third-order valence-corrected chi connectivity index (χ3v) is 7.72. The van der Waals surface area contributed by atoms with E-state index in [2.05, 4.69) is 67.6 Å². The van der Waals surface area contributed by atoms with Gasteiger partial charge in [0, 0.05) is 57.6 Å². The Morgan fingerprint density at radius 3 is 2.75 bits per heavy atom. The molecule has 0 radical (unpaired) electrons. The highest BCUT2D eigenvalue weighted by atomic mass is 16.5. The molecule has 1 amide bonds. The monoisotopic (exact) mass is 543 g/mol. The molecule has 3 aromatic rings. The SMILES string of the molecule is Cc1cc2cc(n1)-c1cnn(C)c1NCCOC(C)CN1/C(=N/C2=O)Nc2ccc(CN3CCN(C)CC3)cc21. The highest BCUT2D eigenvalue weighted by Crippen LogP contribution is 2.35. The number of likely N-dealkylation sites (N-methyl/N-ethyl adjacent to an activating group) is 1. The summed E-state index contributed by atoms with van der Waals surface area (Å²) >= 11 is 0. The lowest BCUT2D eigenvalue weighted by molar-refractivity contribution is 0.0801. The minimum atomic E-state index is -0.327. The first-order valence-corrected chi connectivity index (χ1v) is 13.9. The van der Waals surface area contributed by atoms with Crippen LogP contribution in [0.1, 0.15) is 28.5 Å². The lowest BCUT2D eigenvalue weighted by Gasteiger charge is -2.32. The van der Waals surface area contributed by atoms with Gasteiger partial charge in [0.15, 0.2) is 0 Å². The number of hydrogen-bond acceptors (Lipinski definition) is 9. The Bertz CT molecular complexity index is 1440. The standard InChI is InChI=1S/C29H37N9O2/c1-19-13-22-15-25(32-19)23-16-31-36(4)27(23)30-7-12-40-20(2)17-38-26-14-21(18-37-10-8-35(3)9-11-37)5-6-24(26)33-29(38)34-28(22)39/h5-6,13-16,20,30H,7-12,17-18H2,1-4H3,(H,33,34,39). The van der Waals surface area contributed by atoms with Crippen molar-refractivity contribution in [2.75, 3.05) is 68.5 Å². The summed E-state index contributed by atoms with van der Waals surface area (Å²) < 4.78 is 7.97. The van der Waals surface area contributed by atoms with Gasteiger partial charge in [-0.1, -0.05) is 6.07 Å². The van der Waals surface area contributed by atoms with Gasteiger partial charge in [-0.3, -0.25) is 19.4 Å². The molecule has 0 aliphatic carbocycles. The van der Waals surface area contributed by atoms with Gasteiger partial charge in [-0.25, -0.2) is 0 Å². The molecule has 11 nitrogen and oxygen atoms in total. The number of piperazine rings is 1. The van der Waals surface area contributed by atoms with Gasteiger partial charge >= 0.3 is 0 Å². The fraction of sp³-hybridized carbons (Fsp3) is 0.448. The van der Waals surface area contributed by atoms with Crippen molar-refractivity contribution in [1.29, 1.82) is 0 Å². The molecule has 1 saturated heterocycles. The summed E-state index contributed by atoms with van der Waals surface area (Å²) in [7, 11) is 4.05. The molecule has 11 heteroatoms. The van der Waals surface area contributed by atoms with Crippen LogP contribution >= 0.6 is 0 Å². The zero-order valence-corrected chi connectivity index (χ0v) is 23.6. The summed E-state index contributed by atoms with van der Waals surface area (Å²) in [5, 5.41) is 11.2. The van der Waals surface area contributed by atoms with Crippen molar-refractivity contribution in [1.82, 2.24) is 24.6 Å². The van der Waals surface area contributed by atoms with Gasteiger partial charge < -0.3 is 25.2 Å². The van der Waals surface area contributed by atoms with Crippen molar-refractivity contribution in [2.24, 2.45) is 12.0 Å². The van der Waals surface area contributed by atoms with Crippen molar-refractivity contribution < 1.29 is 9.53 Å². The average molecular weight is 544 g/mol. The molecule has 0 spiro atoms. The van der Waals surface area contributed by atoms with E-state index in [4.69, 9.17) is 9.72 Å². The van der Waals surface area contributed by atoms with Crippen molar-refractivity contribution >= 4 is 29.1 Å². The van der Waals surface area contributed by atoms with Crippen LogP contribution in [0.5, 0.6) is 0 Å². The van der Waals surface area contributed by atoms with Crippen LogP contribution in [0.15, 0.2) is 41.5 Å². The van der Waals surface area contributed by atoms with E-state index in [0.717, 1.165) is 61.2 Å². The summed E-state index contributed by atoms with van der Waals surface area (Å²) in [6, 6.07) is 10.0. The highest BCUT2D eigenvalue weighted by Gasteiger charge is 2.29. The number of nitrogens with one attached hydrogen (secondary N) is 2. The average Bonchev–Trinajstić information content (AvgIpc) is 3.46. The van der Waals surface area contributed by atoms with E-state index in [1.807, 2.05) is 14.0 Å². The largest absolute Gasteiger partial charge is 0.375 e. The third kappa shape index (κ3) is 5.45. The number of hydrogen-bond donors (Lipinski definition) is 2. The number of anilines is 3. The topological polar surface area (TPSA) is 103 Å². The molecule has 1 unspecified atom stereocenters. The first kappa shape index (κ1) is 26.4.